The number of pyridine rings is 1. The molecular formula is C12H9NO2. The number of nitrogens with zero attached hydrogens (tertiary/aromatic N) is 1. The van der Waals surface area contributed by atoms with Crippen LogP contribution in [0.25, 0.3) is 11.3 Å². The third-order valence-electron chi connectivity index (χ3n) is 2.04. The molecular weight excluding hydrogens is 190 g/mol. The van der Waals surface area contributed by atoms with E-state index in [4.69, 9.17) is 5.11 Å². The number of aromatic nitrogens is 1. The second-order valence-corrected chi connectivity index (χ2v) is 3.08. The zero-order valence-electron chi connectivity index (χ0n) is 7.92. The molecule has 1 aromatic heterocycles. The van der Waals surface area contributed by atoms with Gasteiger partial charge in [0.15, 0.2) is 0 Å². The average Bonchev–Trinajstić information content (AvgIpc) is 2.30. The van der Waals surface area contributed by atoms with E-state index in [1.165, 1.54) is 6.07 Å². The highest BCUT2D eigenvalue weighted by Crippen LogP contribution is 2.16. The Morgan fingerprint density at radius 1 is 1.00 bits per heavy atom. The monoisotopic (exact) mass is 199 g/mol. The molecule has 1 heterocycles. The number of carboxylic acids is 1. The van der Waals surface area contributed by atoms with Gasteiger partial charge in [-0.3, -0.25) is 0 Å². The molecule has 0 aliphatic heterocycles. The van der Waals surface area contributed by atoms with Gasteiger partial charge in [0.1, 0.15) is 5.69 Å². The van der Waals surface area contributed by atoms with Crippen LogP contribution < -0.4 is 0 Å². The zero-order valence-corrected chi connectivity index (χ0v) is 7.92. The summed E-state index contributed by atoms with van der Waals surface area (Å²) in [4.78, 5) is 14.8. The summed E-state index contributed by atoms with van der Waals surface area (Å²) in [7, 11) is 0. The Bertz CT molecular complexity index is 480. The summed E-state index contributed by atoms with van der Waals surface area (Å²) in [5, 5.41) is 8.79. The normalized spacial score (nSPS) is 9.87. The lowest BCUT2D eigenvalue weighted by molar-refractivity contribution is 0.0690. The van der Waals surface area contributed by atoms with Gasteiger partial charge in [-0.1, -0.05) is 36.4 Å². The Morgan fingerprint density at radius 3 is 2.40 bits per heavy atom. The summed E-state index contributed by atoms with van der Waals surface area (Å²) >= 11 is 0. The highest BCUT2D eigenvalue weighted by molar-refractivity contribution is 5.86. The first-order valence-electron chi connectivity index (χ1n) is 4.53. The molecule has 15 heavy (non-hydrogen) atoms. The maximum atomic E-state index is 10.7. The second kappa shape index (κ2) is 3.92. The Labute approximate surface area is 87.0 Å². The fraction of sp³-hybridized carbons (Fsp3) is 0. The van der Waals surface area contributed by atoms with E-state index in [2.05, 4.69) is 4.98 Å². The standard InChI is InChI=1S/C12H9NO2/c14-12(15)11-8-4-7-10(13-11)9-5-2-1-3-6-9/h1-8H,(H,14,15). The van der Waals surface area contributed by atoms with Crippen molar-refractivity contribution in [1.29, 1.82) is 0 Å². The van der Waals surface area contributed by atoms with Crippen molar-refractivity contribution in [2.45, 2.75) is 0 Å². The first-order valence-corrected chi connectivity index (χ1v) is 4.53. The van der Waals surface area contributed by atoms with Gasteiger partial charge in [-0.15, -0.1) is 0 Å². The summed E-state index contributed by atoms with van der Waals surface area (Å²) in [6, 6.07) is 14.5. The predicted molar refractivity (Wildman–Crippen MR) is 56.6 cm³/mol. The molecule has 0 spiro atoms. The van der Waals surface area contributed by atoms with Crippen molar-refractivity contribution in [3.63, 3.8) is 0 Å². The SMILES string of the molecule is O=C(O)c1cccc(-c2ccccc2)n1. The summed E-state index contributed by atoms with van der Waals surface area (Å²) in [5.41, 5.74) is 1.66. The molecule has 2 rings (SSSR count). The highest BCUT2D eigenvalue weighted by Gasteiger charge is 2.05. The van der Waals surface area contributed by atoms with E-state index in [0.29, 0.717) is 5.69 Å². The molecule has 0 radical (unpaired) electrons. The largest absolute Gasteiger partial charge is 0.477 e. The Hall–Kier alpha value is -2.16. The van der Waals surface area contributed by atoms with Crippen LogP contribution in [0.2, 0.25) is 0 Å². The molecule has 0 aliphatic rings. The van der Waals surface area contributed by atoms with E-state index in [0.717, 1.165) is 5.56 Å². The minimum Gasteiger partial charge on any atom is -0.477 e. The summed E-state index contributed by atoms with van der Waals surface area (Å²) < 4.78 is 0. The molecule has 0 saturated heterocycles. The number of hydrogen-bond donors (Lipinski definition) is 1. The van der Waals surface area contributed by atoms with Gasteiger partial charge in [0.05, 0.1) is 5.69 Å². The number of carboxylic acid groups (broad SMARTS) is 1. The molecule has 0 unspecified atom stereocenters. The smallest absolute Gasteiger partial charge is 0.354 e. The summed E-state index contributed by atoms with van der Waals surface area (Å²) in [5.74, 6) is -1.01. The predicted octanol–water partition coefficient (Wildman–Crippen LogP) is 2.45. The molecule has 3 nitrogen and oxygen atoms in total. The molecule has 0 fully saturated rings. The van der Waals surface area contributed by atoms with E-state index in [1.54, 1.807) is 12.1 Å². The van der Waals surface area contributed by atoms with Crippen LogP contribution in [0.5, 0.6) is 0 Å². The van der Waals surface area contributed by atoms with Gasteiger partial charge in [-0.2, -0.15) is 0 Å². The molecule has 2 aromatic rings. The van der Waals surface area contributed by atoms with Crippen LogP contribution >= 0.6 is 0 Å². The lowest BCUT2D eigenvalue weighted by Crippen LogP contribution is -2.00. The van der Waals surface area contributed by atoms with Gasteiger partial charge < -0.3 is 5.11 Å². The van der Waals surface area contributed by atoms with Gasteiger partial charge in [-0.25, -0.2) is 9.78 Å². The van der Waals surface area contributed by atoms with E-state index in [9.17, 15) is 4.79 Å². The maximum Gasteiger partial charge on any atom is 0.354 e. The van der Waals surface area contributed by atoms with Crippen LogP contribution in [0, 0.1) is 0 Å². The summed E-state index contributed by atoms with van der Waals surface area (Å²) in [6.45, 7) is 0. The highest BCUT2D eigenvalue weighted by atomic mass is 16.4. The first-order chi connectivity index (χ1) is 7.27. The number of carbonyl (C=O) groups is 1. The van der Waals surface area contributed by atoms with E-state index < -0.39 is 5.97 Å². The Balaban J connectivity index is 2.46. The average molecular weight is 199 g/mol. The number of benzene rings is 1. The van der Waals surface area contributed by atoms with E-state index >= 15 is 0 Å². The number of aromatic carboxylic acids is 1. The van der Waals surface area contributed by atoms with E-state index in [1.807, 2.05) is 30.3 Å². The first kappa shape index (κ1) is 9.40. The van der Waals surface area contributed by atoms with Crippen molar-refractivity contribution >= 4 is 5.97 Å². The van der Waals surface area contributed by atoms with Crippen LogP contribution in [0.3, 0.4) is 0 Å². The molecule has 0 amide bonds. The van der Waals surface area contributed by atoms with Crippen molar-refractivity contribution in [2.75, 3.05) is 0 Å². The fourth-order valence-corrected chi connectivity index (χ4v) is 1.32. The van der Waals surface area contributed by atoms with Crippen LogP contribution in [-0.2, 0) is 0 Å². The molecule has 1 aromatic carbocycles. The minimum absolute atomic E-state index is 0.0661. The number of rotatable bonds is 2. The van der Waals surface area contributed by atoms with Crippen molar-refractivity contribution in [3.8, 4) is 11.3 Å². The molecule has 74 valence electrons. The molecule has 0 atom stereocenters. The molecule has 0 bridgehead atoms. The third kappa shape index (κ3) is 2.02. The van der Waals surface area contributed by atoms with Crippen LogP contribution in [0.1, 0.15) is 10.5 Å². The van der Waals surface area contributed by atoms with Crippen LogP contribution in [-0.4, -0.2) is 16.1 Å². The third-order valence-corrected chi connectivity index (χ3v) is 2.04. The fourth-order valence-electron chi connectivity index (χ4n) is 1.32. The van der Waals surface area contributed by atoms with Crippen LogP contribution in [0.4, 0.5) is 0 Å². The van der Waals surface area contributed by atoms with Crippen molar-refractivity contribution in [3.05, 3.63) is 54.2 Å². The second-order valence-electron chi connectivity index (χ2n) is 3.08. The van der Waals surface area contributed by atoms with Gasteiger partial charge >= 0.3 is 5.97 Å². The topological polar surface area (TPSA) is 50.2 Å². The molecule has 1 N–H and O–H groups in total. The molecule has 0 saturated carbocycles. The maximum absolute atomic E-state index is 10.7. The Kier molecular flexibility index (Phi) is 2.46. The van der Waals surface area contributed by atoms with Crippen molar-refractivity contribution < 1.29 is 9.90 Å². The van der Waals surface area contributed by atoms with Crippen molar-refractivity contribution in [2.24, 2.45) is 0 Å². The lowest BCUT2D eigenvalue weighted by Gasteiger charge is -2.00. The van der Waals surface area contributed by atoms with Gasteiger partial charge in [-0.05, 0) is 12.1 Å². The summed E-state index contributed by atoms with van der Waals surface area (Å²) in [6.07, 6.45) is 0. The number of hydrogen-bond acceptors (Lipinski definition) is 2. The quantitative estimate of drug-likeness (QED) is 0.808. The zero-order chi connectivity index (χ0) is 10.7. The van der Waals surface area contributed by atoms with Gasteiger partial charge in [0.25, 0.3) is 0 Å². The van der Waals surface area contributed by atoms with Crippen LogP contribution in [0.15, 0.2) is 48.5 Å². The minimum atomic E-state index is -1.01. The molecule has 0 aliphatic carbocycles. The van der Waals surface area contributed by atoms with Crippen molar-refractivity contribution in [1.82, 2.24) is 4.98 Å². The Morgan fingerprint density at radius 2 is 1.73 bits per heavy atom. The van der Waals surface area contributed by atoms with E-state index in [-0.39, 0.29) is 5.69 Å². The van der Waals surface area contributed by atoms with Gasteiger partial charge in [0, 0.05) is 5.56 Å². The lowest BCUT2D eigenvalue weighted by atomic mass is 10.1. The van der Waals surface area contributed by atoms with Gasteiger partial charge in [0.2, 0.25) is 0 Å². The molecule has 3 heteroatoms.